The summed E-state index contributed by atoms with van der Waals surface area (Å²) in [4.78, 5) is 2.19. The Morgan fingerprint density at radius 3 is 1.66 bits per heavy atom. The molecule has 2 atom stereocenters. The first-order valence-electron chi connectivity index (χ1n) is 18.4. The van der Waals surface area contributed by atoms with Crippen LogP contribution >= 0.6 is 7.82 Å². The van der Waals surface area contributed by atoms with Gasteiger partial charge < -0.3 is 23.6 Å². The summed E-state index contributed by atoms with van der Waals surface area (Å²) in [6, 6.07) is 17.2. The quantitative estimate of drug-likeness (QED) is 0.0760. The van der Waals surface area contributed by atoms with Crippen LogP contribution in [0, 0.1) is 0 Å². The van der Waals surface area contributed by atoms with Crippen LogP contribution in [0.15, 0.2) is 54.6 Å². The van der Waals surface area contributed by atoms with Gasteiger partial charge in [0.15, 0.2) is 0 Å². The first-order valence-corrected chi connectivity index (χ1v) is 19.9. The van der Waals surface area contributed by atoms with E-state index in [0.717, 1.165) is 50.1 Å². The molecule has 0 N–H and O–H groups in total. The van der Waals surface area contributed by atoms with Gasteiger partial charge in [-0.25, -0.2) is 4.57 Å². The van der Waals surface area contributed by atoms with Gasteiger partial charge in [-0.15, -0.1) is 0 Å². The molecule has 1 aliphatic rings. The van der Waals surface area contributed by atoms with Crippen molar-refractivity contribution in [3.8, 4) is 11.5 Å². The average molecular weight is 676 g/mol. The summed E-state index contributed by atoms with van der Waals surface area (Å²) in [6.07, 6.45) is 16.0. The van der Waals surface area contributed by atoms with Crippen molar-refractivity contribution in [3.63, 3.8) is 0 Å². The fourth-order valence-electron chi connectivity index (χ4n) is 5.51. The first-order chi connectivity index (χ1) is 23.0. The number of benzene rings is 2. The lowest BCUT2D eigenvalue weighted by atomic mass is 10.1. The Balaban J connectivity index is 1.60. The minimum atomic E-state index is -3.99. The molecule has 2 aromatic rings. The van der Waals surface area contributed by atoms with Gasteiger partial charge in [0.1, 0.15) is 23.7 Å². The number of phosphoric ester groups is 1. The lowest BCUT2D eigenvalue weighted by molar-refractivity contribution is -0.00813. The number of phosphoric acid groups is 1. The third-order valence-electron chi connectivity index (χ3n) is 8.23. The van der Waals surface area contributed by atoms with E-state index < -0.39 is 20.0 Å². The Hall–Kier alpha value is -2.09. The minimum Gasteiger partial charge on any atom is -0.494 e. The number of hydrogen-bond acceptors (Lipinski definition) is 8. The summed E-state index contributed by atoms with van der Waals surface area (Å²) in [7, 11) is -3.99. The smallest absolute Gasteiger partial charge is 0.494 e. The van der Waals surface area contributed by atoms with E-state index in [9.17, 15) is 4.57 Å². The van der Waals surface area contributed by atoms with E-state index in [0.29, 0.717) is 32.1 Å². The van der Waals surface area contributed by atoms with Crippen LogP contribution < -0.4 is 14.2 Å². The number of rotatable bonds is 25. The fourth-order valence-corrected chi connectivity index (χ4v) is 7.01. The second kappa shape index (κ2) is 24.1. The number of nitrogens with zero attached hydrogens (tertiary/aromatic N) is 1. The predicted octanol–water partition coefficient (Wildman–Crippen LogP) is 10.4. The van der Waals surface area contributed by atoms with Crippen LogP contribution in [0.4, 0.5) is 5.69 Å². The van der Waals surface area contributed by atoms with Gasteiger partial charge >= 0.3 is 7.82 Å². The van der Waals surface area contributed by atoms with Crippen molar-refractivity contribution in [2.45, 2.75) is 123 Å². The number of anilines is 1. The van der Waals surface area contributed by atoms with E-state index in [-0.39, 0.29) is 13.2 Å². The van der Waals surface area contributed by atoms with Gasteiger partial charge in [0.25, 0.3) is 0 Å². The number of unbranched alkanes of at least 4 members (excludes halogenated alkanes) is 11. The van der Waals surface area contributed by atoms with Gasteiger partial charge in [-0.1, -0.05) is 110 Å². The molecule has 0 bridgehead atoms. The standard InChI is InChI=1S/C38H62NO7P/c1-4-7-10-11-12-13-14-15-16-20-29-43-35-25-23-34(24-26-35)39-30-37(32-41-27-8-5-2)45-47(40,44-36-21-18-17-19-22-36)46-38(31-39)33-42-28-9-6-3/h17-19,21-26,37-38H,4-16,20,27-33H2,1-3H3. The van der Waals surface area contributed by atoms with Crippen LogP contribution in [0.2, 0.25) is 0 Å². The molecule has 1 heterocycles. The maximum absolute atomic E-state index is 14.1. The highest BCUT2D eigenvalue weighted by Crippen LogP contribution is 2.52. The summed E-state index contributed by atoms with van der Waals surface area (Å²) in [5.41, 5.74) is 1.00. The summed E-state index contributed by atoms with van der Waals surface area (Å²) >= 11 is 0. The van der Waals surface area contributed by atoms with Gasteiger partial charge in [0, 0.05) is 32.0 Å². The lowest BCUT2D eigenvalue weighted by Crippen LogP contribution is -2.45. The molecule has 0 spiro atoms. The Morgan fingerprint density at radius 1 is 0.617 bits per heavy atom. The maximum Gasteiger partial charge on any atom is 0.530 e. The Bertz CT molecular complexity index is 1060. The van der Waals surface area contributed by atoms with Gasteiger partial charge in [0.05, 0.1) is 19.8 Å². The molecule has 9 heteroatoms. The molecule has 1 aliphatic heterocycles. The van der Waals surface area contributed by atoms with E-state index in [2.05, 4.69) is 37.8 Å². The van der Waals surface area contributed by atoms with Crippen LogP contribution in [0.25, 0.3) is 0 Å². The third kappa shape index (κ3) is 16.7. The molecule has 47 heavy (non-hydrogen) atoms. The van der Waals surface area contributed by atoms with Crippen molar-refractivity contribution in [1.29, 1.82) is 0 Å². The highest BCUT2D eigenvalue weighted by molar-refractivity contribution is 7.49. The van der Waals surface area contributed by atoms with Gasteiger partial charge in [-0.2, -0.15) is 0 Å². The average Bonchev–Trinajstić information content (AvgIpc) is 3.07. The molecule has 2 unspecified atom stereocenters. The fraction of sp³-hybridized carbons (Fsp3) is 0.684. The predicted molar refractivity (Wildman–Crippen MR) is 192 cm³/mol. The topological polar surface area (TPSA) is 75.7 Å². The molecule has 0 amide bonds. The molecule has 1 fully saturated rings. The van der Waals surface area contributed by atoms with Crippen molar-refractivity contribution < 1.29 is 32.3 Å². The molecule has 1 saturated heterocycles. The van der Waals surface area contributed by atoms with Crippen molar-refractivity contribution >= 4 is 13.5 Å². The zero-order valence-corrected chi connectivity index (χ0v) is 30.3. The number of ether oxygens (including phenoxy) is 3. The Labute approximate surface area is 285 Å². The molecule has 0 aromatic heterocycles. The van der Waals surface area contributed by atoms with Crippen LogP contribution in [0.1, 0.15) is 111 Å². The maximum atomic E-state index is 14.1. The van der Waals surface area contributed by atoms with E-state index >= 15 is 0 Å². The van der Waals surface area contributed by atoms with Crippen molar-refractivity contribution in [1.82, 2.24) is 0 Å². The molecule has 3 rings (SSSR count). The summed E-state index contributed by atoms with van der Waals surface area (Å²) in [5, 5.41) is 0. The van der Waals surface area contributed by atoms with Gasteiger partial charge in [0.2, 0.25) is 0 Å². The third-order valence-corrected chi connectivity index (χ3v) is 9.77. The second-order valence-electron chi connectivity index (χ2n) is 12.6. The minimum absolute atomic E-state index is 0.277. The van der Waals surface area contributed by atoms with Crippen LogP contribution in [0.3, 0.4) is 0 Å². The molecule has 8 nitrogen and oxygen atoms in total. The summed E-state index contributed by atoms with van der Waals surface area (Å²) < 4.78 is 50.4. The van der Waals surface area contributed by atoms with Gasteiger partial charge in [-0.3, -0.25) is 9.05 Å². The van der Waals surface area contributed by atoms with Crippen molar-refractivity contribution in [2.75, 3.05) is 51.0 Å². The van der Waals surface area contributed by atoms with E-state index in [4.69, 9.17) is 27.8 Å². The molecular weight excluding hydrogens is 613 g/mol. The van der Waals surface area contributed by atoms with Crippen LogP contribution in [-0.4, -0.2) is 58.3 Å². The monoisotopic (exact) mass is 675 g/mol. The molecule has 2 aromatic carbocycles. The van der Waals surface area contributed by atoms with E-state index in [1.54, 1.807) is 12.1 Å². The molecule has 0 aliphatic carbocycles. The van der Waals surface area contributed by atoms with Crippen molar-refractivity contribution in [2.24, 2.45) is 0 Å². The molecular formula is C38H62NO7P. The highest BCUT2D eigenvalue weighted by Gasteiger charge is 2.40. The van der Waals surface area contributed by atoms with E-state index in [1.807, 2.05) is 30.3 Å². The molecule has 0 radical (unpaired) electrons. The SMILES string of the molecule is CCCCCCCCCCCCOc1ccc(N2CC(COCCCC)OP(=O)(Oc3ccccc3)OC(COCCCC)C2)cc1. The summed E-state index contributed by atoms with van der Waals surface area (Å²) in [5.74, 6) is 1.29. The van der Waals surface area contributed by atoms with Crippen molar-refractivity contribution in [3.05, 3.63) is 54.6 Å². The normalized spacial score (nSPS) is 20.1. The largest absolute Gasteiger partial charge is 0.530 e. The van der Waals surface area contributed by atoms with Gasteiger partial charge in [-0.05, 0) is 55.7 Å². The Morgan fingerprint density at radius 2 is 1.13 bits per heavy atom. The van der Waals surface area contributed by atoms with E-state index in [1.165, 1.54) is 57.8 Å². The lowest BCUT2D eigenvalue weighted by Gasteiger charge is -2.37. The molecule has 266 valence electrons. The number of hydrogen-bond donors (Lipinski definition) is 0. The van der Waals surface area contributed by atoms with Crippen LogP contribution in [0.5, 0.6) is 11.5 Å². The number of para-hydroxylation sites is 1. The highest BCUT2D eigenvalue weighted by atomic mass is 31.2. The zero-order valence-electron chi connectivity index (χ0n) is 29.5. The van der Waals surface area contributed by atoms with Crippen LogP contribution in [-0.2, 0) is 23.1 Å². The Kier molecular flexibility index (Phi) is 20.2. The second-order valence-corrected chi connectivity index (χ2v) is 14.1. The first kappa shape index (κ1) is 39.3. The molecule has 0 saturated carbocycles. The zero-order chi connectivity index (χ0) is 33.4. The summed E-state index contributed by atoms with van der Waals surface area (Å²) in [6.45, 7) is 9.95.